The van der Waals surface area contributed by atoms with E-state index in [-0.39, 0.29) is 0 Å². The number of aromatic nitrogens is 2. The van der Waals surface area contributed by atoms with Gasteiger partial charge in [-0.25, -0.2) is 4.98 Å². The van der Waals surface area contributed by atoms with Crippen LogP contribution in [-0.4, -0.2) is 29.7 Å². The standard InChI is InChI=1S/C15H24N4/c1-5-12(9-16)10-18(3)13-6-7-15-14(8-13)17-11(2)19(15)4/h6-8,12H,5,9-10,16H2,1-4H3. The number of fused-ring (bicyclic) bond motifs is 1. The van der Waals surface area contributed by atoms with Crippen LogP contribution in [0.25, 0.3) is 11.0 Å². The Morgan fingerprint density at radius 1 is 1.42 bits per heavy atom. The molecule has 0 spiro atoms. The summed E-state index contributed by atoms with van der Waals surface area (Å²) in [5.41, 5.74) is 9.23. The molecule has 0 amide bonds. The summed E-state index contributed by atoms with van der Waals surface area (Å²) in [4.78, 5) is 6.86. The highest BCUT2D eigenvalue weighted by atomic mass is 15.1. The summed E-state index contributed by atoms with van der Waals surface area (Å²) in [6, 6.07) is 6.46. The van der Waals surface area contributed by atoms with Gasteiger partial charge in [0.25, 0.3) is 0 Å². The Labute approximate surface area is 115 Å². The maximum absolute atomic E-state index is 5.78. The molecule has 0 saturated carbocycles. The highest BCUT2D eigenvalue weighted by molar-refractivity contribution is 5.80. The van der Waals surface area contributed by atoms with E-state index in [1.165, 1.54) is 11.2 Å². The first-order chi connectivity index (χ1) is 9.06. The molecule has 1 aromatic heterocycles. The fraction of sp³-hybridized carbons (Fsp3) is 0.533. The van der Waals surface area contributed by atoms with Gasteiger partial charge >= 0.3 is 0 Å². The quantitative estimate of drug-likeness (QED) is 0.897. The first-order valence-electron chi connectivity index (χ1n) is 6.91. The van der Waals surface area contributed by atoms with E-state index < -0.39 is 0 Å². The lowest BCUT2D eigenvalue weighted by Crippen LogP contribution is -2.29. The van der Waals surface area contributed by atoms with Gasteiger partial charge in [0.05, 0.1) is 11.0 Å². The van der Waals surface area contributed by atoms with Crippen LogP contribution in [0.2, 0.25) is 0 Å². The zero-order chi connectivity index (χ0) is 14.0. The number of rotatable bonds is 5. The first-order valence-corrected chi connectivity index (χ1v) is 6.91. The molecule has 104 valence electrons. The summed E-state index contributed by atoms with van der Waals surface area (Å²) >= 11 is 0. The Hall–Kier alpha value is -1.55. The smallest absolute Gasteiger partial charge is 0.106 e. The van der Waals surface area contributed by atoms with Crippen LogP contribution >= 0.6 is 0 Å². The van der Waals surface area contributed by atoms with Crippen molar-refractivity contribution < 1.29 is 0 Å². The van der Waals surface area contributed by atoms with Crippen LogP contribution in [0, 0.1) is 12.8 Å². The molecule has 4 heteroatoms. The lowest BCUT2D eigenvalue weighted by atomic mass is 10.1. The van der Waals surface area contributed by atoms with Gasteiger partial charge in [0.1, 0.15) is 5.82 Å². The van der Waals surface area contributed by atoms with Crippen molar-refractivity contribution in [3.63, 3.8) is 0 Å². The normalized spacial score (nSPS) is 12.9. The summed E-state index contributed by atoms with van der Waals surface area (Å²) in [7, 11) is 4.17. The molecule has 2 N–H and O–H groups in total. The van der Waals surface area contributed by atoms with Crippen LogP contribution < -0.4 is 10.6 Å². The van der Waals surface area contributed by atoms with Crippen molar-refractivity contribution in [1.82, 2.24) is 9.55 Å². The van der Waals surface area contributed by atoms with E-state index in [9.17, 15) is 0 Å². The van der Waals surface area contributed by atoms with Gasteiger partial charge in [-0.3, -0.25) is 0 Å². The van der Waals surface area contributed by atoms with E-state index in [4.69, 9.17) is 5.73 Å². The van der Waals surface area contributed by atoms with E-state index in [2.05, 4.69) is 53.7 Å². The van der Waals surface area contributed by atoms with Gasteiger partial charge in [-0.2, -0.15) is 0 Å². The van der Waals surface area contributed by atoms with Crippen molar-refractivity contribution in [2.24, 2.45) is 18.7 Å². The molecule has 1 unspecified atom stereocenters. The van der Waals surface area contributed by atoms with Crippen molar-refractivity contribution in [1.29, 1.82) is 0 Å². The number of aryl methyl sites for hydroxylation is 2. The third kappa shape index (κ3) is 2.73. The minimum atomic E-state index is 0.547. The molecular formula is C15H24N4. The molecule has 4 nitrogen and oxygen atoms in total. The van der Waals surface area contributed by atoms with Crippen molar-refractivity contribution in [3.8, 4) is 0 Å². The minimum Gasteiger partial charge on any atom is -0.374 e. The summed E-state index contributed by atoms with van der Waals surface area (Å²) < 4.78 is 2.12. The number of hydrogen-bond acceptors (Lipinski definition) is 3. The zero-order valence-electron chi connectivity index (χ0n) is 12.3. The van der Waals surface area contributed by atoms with Crippen molar-refractivity contribution in [3.05, 3.63) is 24.0 Å². The number of nitrogens with two attached hydrogens (primary N) is 1. The van der Waals surface area contributed by atoms with Gasteiger partial charge in [-0.15, -0.1) is 0 Å². The third-order valence-corrected chi connectivity index (χ3v) is 3.97. The highest BCUT2D eigenvalue weighted by Gasteiger charge is 2.11. The second-order valence-corrected chi connectivity index (χ2v) is 5.28. The average molecular weight is 260 g/mol. The Kier molecular flexibility index (Phi) is 4.10. The lowest BCUT2D eigenvalue weighted by Gasteiger charge is -2.24. The number of imidazole rings is 1. The SMILES string of the molecule is CCC(CN)CN(C)c1ccc2c(c1)nc(C)n2C. The molecule has 19 heavy (non-hydrogen) atoms. The average Bonchev–Trinajstić information content (AvgIpc) is 2.70. The second kappa shape index (κ2) is 5.61. The molecule has 2 rings (SSSR count). The van der Waals surface area contributed by atoms with Crippen molar-refractivity contribution in [2.75, 3.05) is 25.0 Å². The van der Waals surface area contributed by atoms with Gasteiger partial charge in [0.2, 0.25) is 0 Å². The molecular weight excluding hydrogens is 236 g/mol. The molecule has 0 aliphatic carbocycles. The van der Waals surface area contributed by atoms with Crippen LogP contribution in [-0.2, 0) is 7.05 Å². The highest BCUT2D eigenvalue weighted by Crippen LogP contribution is 2.22. The predicted molar refractivity (Wildman–Crippen MR) is 81.6 cm³/mol. The van der Waals surface area contributed by atoms with Gasteiger partial charge in [-0.05, 0) is 37.6 Å². The summed E-state index contributed by atoms with van der Waals surface area (Å²) in [6.45, 7) is 5.96. The van der Waals surface area contributed by atoms with Crippen LogP contribution in [0.5, 0.6) is 0 Å². The summed E-state index contributed by atoms with van der Waals surface area (Å²) in [5, 5.41) is 0. The molecule has 1 heterocycles. The third-order valence-electron chi connectivity index (χ3n) is 3.97. The molecule has 1 aromatic carbocycles. The molecule has 0 saturated heterocycles. The molecule has 0 bridgehead atoms. The van der Waals surface area contributed by atoms with E-state index in [1.54, 1.807) is 0 Å². The minimum absolute atomic E-state index is 0.547. The molecule has 0 fully saturated rings. The van der Waals surface area contributed by atoms with Gasteiger partial charge < -0.3 is 15.2 Å². The second-order valence-electron chi connectivity index (χ2n) is 5.28. The van der Waals surface area contributed by atoms with Crippen LogP contribution in [0.15, 0.2) is 18.2 Å². The number of hydrogen-bond donors (Lipinski definition) is 1. The van der Waals surface area contributed by atoms with E-state index >= 15 is 0 Å². The van der Waals surface area contributed by atoms with Gasteiger partial charge in [-0.1, -0.05) is 13.3 Å². The number of anilines is 1. The van der Waals surface area contributed by atoms with E-state index in [1.807, 2.05) is 6.92 Å². The van der Waals surface area contributed by atoms with Crippen LogP contribution in [0.3, 0.4) is 0 Å². The van der Waals surface area contributed by atoms with E-state index in [0.717, 1.165) is 30.9 Å². The van der Waals surface area contributed by atoms with Gasteiger partial charge in [0.15, 0.2) is 0 Å². The Bertz CT molecular complexity index is 555. The topological polar surface area (TPSA) is 47.1 Å². The Morgan fingerprint density at radius 3 is 2.79 bits per heavy atom. The summed E-state index contributed by atoms with van der Waals surface area (Å²) in [6.07, 6.45) is 1.12. The molecule has 0 aliphatic rings. The molecule has 0 aliphatic heterocycles. The maximum atomic E-state index is 5.78. The first kappa shape index (κ1) is 13.9. The Morgan fingerprint density at radius 2 is 2.16 bits per heavy atom. The van der Waals surface area contributed by atoms with Crippen LogP contribution in [0.4, 0.5) is 5.69 Å². The van der Waals surface area contributed by atoms with Crippen molar-refractivity contribution >= 4 is 16.7 Å². The molecule has 2 aromatic rings. The fourth-order valence-corrected chi connectivity index (χ4v) is 2.41. The van der Waals surface area contributed by atoms with Crippen LogP contribution in [0.1, 0.15) is 19.2 Å². The van der Waals surface area contributed by atoms with E-state index in [0.29, 0.717) is 5.92 Å². The lowest BCUT2D eigenvalue weighted by molar-refractivity contribution is 0.521. The largest absolute Gasteiger partial charge is 0.374 e. The summed E-state index contributed by atoms with van der Waals surface area (Å²) in [5.74, 6) is 1.59. The zero-order valence-corrected chi connectivity index (χ0v) is 12.3. The predicted octanol–water partition coefficient (Wildman–Crippen LogP) is 2.30. The Balaban J connectivity index is 2.25. The fourth-order valence-electron chi connectivity index (χ4n) is 2.41. The monoisotopic (exact) mass is 260 g/mol. The molecule has 1 atom stereocenters. The van der Waals surface area contributed by atoms with Crippen molar-refractivity contribution in [2.45, 2.75) is 20.3 Å². The maximum Gasteiger partial charge on any atom is 0.106 e. The molecule has 0 radical (unpaired) electrons. The van der Waals surface area contributed by atoms with Gasteiger partial charge in [0, 0.05) is 26.3 Å². The number of benzene rings is 1. The number of nitrogens with zero attached hydrogens (tertiary/aromatic N) is 3.